The molecule has 31 heavy (non-hydrogen) atoms. The third-order valence-corrected chi connectivity index (χ3v) is 6.04. The average Bonchev–Trinajstić information content (AvgIpc) is 2.78. The lowest BCUT2D eigenvalue weighted by Crippen LogP contribution is -2.51. The molecule has 2 aromatic carbocycles. The lowest BCUT2D eigenvalue weighted by Gasteiger charge is -2.36. The molecule has 164 valence electrons. The van der Waals surface area contributed by atoms with Gasteiger partial charge in [-0.25, -0.2) is 4.39 Å². The number of hydrogen-bond donors (Lipinski definition) is 1. The van der Waals surface area contributed by atoms with Crippen LogP contribution in [0.3, 0.4) is 0 Å². The fraction of sp³-hybridized carbons (Fsp3) is 0.417. The number of aryl methyl sites for hydroxylation is 1. The minimum Gasteiger partial charge on any atom is -0.366 e. The first-order chi connectivity index (χ1) is 14.9. The highest BCUT2D eigenvalue weighted by Crippen LogP contribution is 2.31. The molecule has 0 aliphatic carbocycles. The maximum atomic E-state index is 13.1. The first kappa shape index (κ1) is 21.5. The van der Waals surface area contributed by atoms with Crippen LogP contribution in [-0.2, 0) is 20.7 Å². The topological polar surface area (TPSA) is 61.9 Å². The molecule has 2 atom stereocenters. The molecule has 7 heteroatoms. The van der Waals surface area contributed by atoms with E-state index in [1.165, 1.54) is 12.1 Å². The Labute approximate surface area is 182 Å². The van der Waals surface area contributed by atoms with Gasteiger partial charge in [-0.1, -0.05) is 12.1 Å². The van der Waals surface area contributed by atoms with Crippen molar-refractivity contribution < 1.29 is 18.7 Å². The van der Waals surface area contributed by atoms with Crippen LogP contribution in [0, 0.1) is 5.82 Å². The van der Waals surface area contributed by atoms with Gasteiger partial charge in [0.15, 0.2) is 0 Å². The van der Waals surface area contributed by atoms with Gasteiger partial charge in [0.2, 0.25) is 5.91 Å². The minimum atomic E-state index is -0.440. The standard InChI is InChI=1S/C24H28FN3O3/c1-16(23(29)26-20-8-6-19(25)7-9-20)17-5-10-21-18(14-17)4-3-11-28(21)24(30)22-15-27(2)12-13-31-22/h5-10,14,16,22H,3-4,11-13,15H2,1-2H3,(H,26,29)/t16-,22?/m0/s1. The van der Waals surface area contributed by atoms with Crippen molar-refractivity contribution in [2.24, 2.45) is 0 Å². The van der Waals surface area contributed by atoms with Gasteiger partial charge >= 0.3 is 0 Å². The number of amides is 2. The Bertz CT molecular complexity index is 963. The first-order valence-electron chi connectivity index (χ1n) is 10.7. The maximum Gasteiger partial charge on any atom is 0.257 e. The van der Waals surface area contributed by atoms with Crippen LogP contribution in [0.2, 0.25) is 0 Å². The molecule has 2 aliphatic rings. The van der Waals surface area contributed by atoms with Crippen molar-refractivity contribution in [3.63, 3.8) is 0 Å². The fourth-order valence-electron chi connectivity index (χ4n) is 4.15. The van der Waals surface area contributed by atoms with Crippen LogP contribution in [0.15, 0.2) is 42.5 Å². The Kier molecular flexibility index (Phi) is 6.34. The highest BCUT2D eigenvalue weighted by atomic mass is 19.1. The van der Waals surface area contributed by atoms with Crippen LogP contribution in [0.4, 0.5) is 15.8 Å². The Morgan fingerprint density at radius 2 is 1.94 bits per heavy atom. The SMILES string of the molecule is C[C@H](C(=O)Nc1ccc(F)cc1)c1ccc2c(c1)CCCN2C(=O)C1CN(C)CCO1. The summed E-state index contributed by atoms with van der Waals surface area (Å²) in [6, 6.07) is 11.6. The summed E-state index contributed by atoms with van der Waals surface area (Å²) in [5, 5.41) is 2.83. The fourth-order valence-corrected chi connectivity index (χ4v) is 4.15. The van der Waals surface area contributed by atoms with E-state index < -0.39 is 6.10 Å². The van der Waals surface area contributed by atoms with E-state index >= 15 is 0 Å². The predicted octanol–water partition coefficient (Wildman–Crippen LogP) is 3.18. The van der Waals surface area contributed by atoms with Gasteiger partial charge in [0.05, 0.1) is 12.5 Å². The van der Waals surface area contributed by atoms with E-state index in [0.29, 0.717) is 25.4 Å². The van der Waals surface area contributed by atoms with Gasteiger partial charge in [0.1, 0.15) is 11.9 Å². The van der Waals surface area contributed by atoms with E-state index in [1.807, 2.05) is 37.1 Å². The second-order valence-corrected chi connectivity index (χ2v) is 8.32. The number of rotatable bonds is 4. The monoisotopic (exact) mass is 425 g/mol. The molecule has 2 aliphatic heterocycles. The number of morpholine rings is 1. The summed E-state index contributed by atoms with van der Waals surface area (Å²) in [5.74, 6) is -0.877. The number of anilines is 2. The zero-order valence-corrected chi connectivity index (χ0v) is 17.9. The normalized spacial score (nSPS) is 20.1. The van der Waals surface area contributed by atoms with Gasteiger partial charge in [-0.15, -0.1) is 0 Å². The van der Waals surface area contributed by atoms with Gasteiger partial charge < -0.3 is 19.9 Å². The predicted molar refractivity (Wildman–Crippen MR) is 118 cm³/mol. The van der Waals surface area contributed by atoms with Crippen LogP contribution < -0.4 is 10.2 Å². The Morgan fingerprint density at radius 1 is 1.16 bits per heavy atom. The number of carbonyl (C=O) groups excluding carboxylic acids is 2. The summed E-state index contributed by atoms with van der Waals surface area (Å²) >= 11 is 0. The number of hydrogen-bond acceptors (Lipinski definition) is 4. The van der Waals surface area contributed by atoms with E-state index in [9.17, 15) is 14.0 Å². The first-order valence-corrected chi connectivity index (χ1v) is 10.7. The molecule has 2 heterocycles. The average molecular weight is 426 g/mol. The number of fused-ring (bicyclic) bond motifs is 1. The van der Waals surface area contributed by atoms with Crippen LogP contribution in [0.5, 0.6) is 0 Å². The van der Waals surface area contributed by atoms with Crippen molar-refractivity contribution >= 4 is 23.2 Å². The van der Waals surface area contributed by atoms with Crippen molar-refractivity contribution in [2.75, 3.05) is 43.5 Å². The van der Waals surface area contributed by atoms with Crippen molar-refractivity contribution in [3.05, 3.63) is 59.4 Å². The zero-order valence-electron chi connectivity index (χ0n) is 17.9. The number of likely N-dealkylation sites (N-methyl/N-ethyl adjacent to an activating group) is 1. The molecule has 0 bridgehead atoms. The molecule has 0 spiro atoms. The Morgan fingerprint density at radius 3 is 2.68 bits per heavy atom. The van der Waals surface area contributed by atoms with Crippen molar-refractivity contribution in [1.29, 1.82) is 0 Å². The molecular weight excluding hydrogens is 397 g/mol. The number of benzene rings is 2. The summed E-state index contributed by atoms with van der Waals surface area (Å²) in [6.45, 7) is 4.52. The summed E-state index contributed by atoms with van der Waals surface area (Å²) in [7, 11) is 2.00. The van der Waals surface area contributed by atoms with Crippen LogP contribution in [0.1, 0.15) is 30.4 Å². The molecule has 1 N–H and O–H groups in total. The Balaban J connectivity index is 1.49. The van der Waals surface area contributed by atoms with Gasteiger partial charge in [0, 0.05) is 31.0 Å². The van der Waals surface area contributed by atoms with Crippen molar-refractivity contribution in [2.45, 2.75) is 31.8 Å². The molecule has 0 aromatic heterocycles. The molecule has 1 saturated heterocycles. The second-order valence-electron chi connectivity index (χ2n) is 8.32. The van der Waals surface area contributed by atoms with Crippen LogP contribution in [0.25, 0.3) is 0 Å². The van der Waals surface area contributed by atoms with Crippen LogP contribution >= 0.6 is 0 Å². The lowest BCUT2D eigenvalue weighted by molar-refractivity contribution is -0.135. The number of carbonyl (C=O) groups is 2. The zero-order chi connectivity index (χ0) is 22.0. The van der Waals surface area contributed by atoms with E-state index in [1.54, 1.807) is 12.1 Å². The van der Waals surface area contributed by atoms with E-state index in [4.69, 9.17) is 4.74 Å². The summed E-state index contributed by atoms with van der Waals surface area (Å²) in [4.78, 5) is 29.7. The smallest absolute Gasteiger partial charge is 0.257 e. The van der Waals surface area contributed by atoms with Crippen molar-refractivity contribution in [1.82, 2.24) is 4.90 Å². The number of nitrogens with zero attached hydrogens (tertiary/aromatic N) is 2. The summed E-state index contributed by atoms with van der Waals surface area (Å²) in [5.41, 5.74) is 3.43. The lowest BCUT2D eigenvalue weighted by atomic mass is 9.93. The molecular formula is C24H28FN3O3. The molecule has 0 radical (unpaired) electrons. The number of ether oxygens (including phenoxy) is 1. The van der Waals surface area contributed by atoms with E-state index in [-0.39, 0.29) is 23.5 Å². The molecule has 6 nitrogen and oxygen atoms in total. The molecule has 0 saturated carbocycles. The highest BCUT2D eigenvalue weighted by Gasteiger charge is 2.32. The third-order valence-electron chi connectivity index (χ3n) is 6.04. The largest absolute Gasteiger partial charge is 0.366 e. The number of halogens is 1. The molecule has 1 unspecified atom stereocenters. The van der Waals surface area contributed by atoms with Gasteiger partial charge in [-0.3, -0.25) is 9.59 Å². The van der Waals surface area contributed by atoms with E-state index in [0.717, 1.165) is 36.2 Å². The summed E-state index contributed by atoms with van der Waals surface area (Å²) < 4.78 is 18.8. The van der Waals surface area contributed by atoms with Gasteiger partial charge in [0.25, 0.3) is 5.91 Å². The molecule has 2 amide bonds. The van der Waals surface area contributed by atoms with Crippen LogP contribution in [-0.4, -0.2) is 56.1 Å². The molecule has 1 fully saturated rings. The quantitative estimate of drug-likeness (QED) is 0.817. The van der Waals surface area contributed by atoms with Gasteiger partial charge in [-0.2, -0.15) is 0 Å². The number of nitrogens with one attached hydrogen (secondary N) is 1. The second kappa shape index (κ2) is 9.16. The Hall–Kier alpha value is -2.77. The van der Waals surface area contributed by atoms with Crippen molar-refractivity contribution in [3.8, 4) is 0 Å². The highest BCUT2D eigenvalue weighted by molar-refractivity contribution is 5.98. The molecule has 2 aromatic rings. The molecule has 4 rings (SSSR count). The summed E-state index contributed by atoms with van der Waals surface area (Å²) in [6.07, 6.45) is 1.30. The van der Waals surface area contributed by atoms with Gasteiger partial charge in [-0.05, 0) is 68.3 Å². The van der Waals surface area contributed by atoms with E-state index in [2.05, 4.69) is 10.2 Å². The third kappa shape index (κ3) is 4.78. The minimum absolute atomic E-state index is 0.00218. The maximum absolute atomic E-state index is 13.1.